The molecule has 1 aliphatic heterocycles. The Labute approximate surface area is 186 Å². The molecule has 1 aliphatic rings. The number of nitrogens with zero attached hydrogens (tertiary/aromatic N) is 1. The van der Waals surface area contributed by atoms with E-state index in [4.69, 9.17) is 4.74 Å². The van der Waals surface area contributed by atoms with E-state index < -0.39 is 10.0 Å². The van der Waals surface area contributed by atoms with E-state index in [1.54, 1.807) is 29.2 Å². The summed E-state index contributed by atoms with van der Waals surface area (Å²) < 4.78 is 47.0. The van der Waals surface area contributed by atoms with E-state index in [9.17, 15) is 17.6 Å². The number of rotatable bonds is 6. The fourth-order valence-corrected chi connectivity index (χ4v) is 4.61. The third kappa shape index (κ3) is 5.21. The van der Waals surface area contributed by atoms with Crippen LogP contribution in [-0.2, 0) is 21.3 Å². The standard InChI is InChI=1S/C24H23FN2O4S/c25-21-11-9-19(10-12-21)23-17-27(13-14-31-23)24(28)20-7-4-8-22(15-20)32(29,30)26-16-18-5-2-1-3-6-18/h1-12,15,23,26H,13-14,16-17H2. The highest BCUT2D eigenvalue weighted by Gasteiger charge is 2.27. The van der Waals surface area contributed by atoms with Gasteiger partial charge < -0.3 is 9.64 Å². The summed E-state index contributed by atoms with van der Waals surface area (Å²) in [6.45, 7) is 1.18. The van der Waals surface area contributed by atoms with Gasteiger partial charge in [0, 0.05) is 18.7 Å². The quantitative estimate of drug-likeness (QED) is 0.619. The average Bonchev–Trinajstić information content (AvgIpc) is 2.84. The molecule has 1 saturated heterocycles. The number of halogens is 1. The highest BCUT2D eigenvalue weighted by Crippen LogP contribution is 2.24. The Morgan fingerprint density at radius 1 is 1.03 bits per heavy atom. The van der Waals surface area contributed by atoms with Crippen LogP contribution in [0.2, 0.25) is 0 Å². The van der Waals surface area contributed by atoms with Gasteiger partial charge in [-0.05, 0) is 41.5 Å². The van der Waals surface area contributed by atoms with Gasteiger partial charge in [0.05, 0.1) is 18.0 Å². The fraction of sp³-hybridized carbons (Fsp3) is 0.208. The van der Waals surface area contributed by atoms with Crippen molar-refractivity contribution in [2.24, 2.45) is 0 Å². The Bertz CT molecular complexity index is 1180. The maximum Gasteiger partial charge on any atom is 0.254 e. The summed E-state index contributed by atoms with van der Waals surface area (Å²) in [6.07, 6.45) is -0.368. The third-order valence-corrected chi connectivity index (χ3v) is 6.69. The van der Waals surface area contributed by atoms with Crippen LogP contribution in [0.15, 0.2) is 83.8 Å². The van der Waals surface area contributed by atoms with Gasteiger partial charge in [-0.3, -0.25) is 4.79 Å². The Kier molecular flexibility index (Phi) is 6.64. The van der Waals surface area contributed by atoms with Crippen LogP contribution in [-0.4, -0.2) is 38.9 Å². The van der Waals surface area contributed by atoms with Crippen LogP contribution < -0.4 is 4.72 Å². The van der Waals surface area contributed by atoms with E-state index in [1.165, 1.54) is 24.3 Å². The van der Waals surface area contributed by atoms with Gasteiger partial charge in [-0.2, -0.15) is 0 Å². The molecule has 0 spiro atoms. The van der Waals surface area contributed by atoms with Crippen LogP contribution in [0.4, 0.5) is 4.39 Å². The second kappa shape index (κ2) is 9.60. The van der Waals surface area contributed by atoms with E-state index in [0.29, 0.717) is 19.7 Å². The molecule has 1 N–H and O–H groups in total. The maximum atomic E-state index is 13.2. The number of ether oxygens (including phenoxy) is 1. The summed E-state index contributed by atoms with van der Waals surface area (Å²) in [5.41, 5.74) is 1.90. The number of carbonyl (C=O) groups is 1. The second-order valence-corrected chi connectivity index (χ2v) is 9.27. The molecule has 1 atom stereocenters. The number of amides is 1. The number of hydrogen-bond acceptors (Lipinski definition) is 4. The highest BCUT2D eigenvalue weighted by molar-refractivity contribution is 7.89. The lowest BCUT2D eigenvalue weighted by Crippen LogP contribution is -2.42. The summed E-state index contributed by atoms with van der Waals surface area (Å²) in [6, 6.07) is 21.2. The topological polar surface area (TPSA) is 75.7 Å². The van der Waals surface area contributed by atoms with Crippen LogP contribution in [0.1, 0.15) is 27.6 Å². The van der Waals surface area contributed by atoms with Gasteiger partial charge in [0.2, 0.25) is 10.0 Å². The van der Waals surface area contributed by atoms with E-state index in [1.807, 2.05) is 30.3 Å². The summed E-state index contributed by atoms with van der Waals surface area (Å²) in [5.74, 6) is -0.614. The van der Waals surface area contributed by atoms with Crippen LogP contribution in [0, 0.1) is 5.82 Å². The number of sulfonamides is 1. The van der Waals surface area contributed by atoms with Gasteiger partial charge >= 0.3 is 0 Å². The molecule has 8 heteroatoms. The molecule has 1 heterocycles. The summed E-state index contributed by atoms with van der Waals surface area (Å²) in [7, 11) is -3.78. The lowest BCUT2D eigenvalue weighted by atomic mass is 10.1. The monoisotopic (exact) mass is 454 g/mol. The average molecular weight is 455 g/mol. The second-order valence-electron chi connectivity index (χ2n) is 7.50. The van der Waals surface area contributed by atoms with Crippen molar-refractivity contribution in [3.63, 3.8) is 0 Å². The molecule has 0 bridgehead atoms. The van der Waals surface area contributed by atoms with Crippen molar-refractivity contribution in [1.82, 2.24) is 9.62 Å². The minimum Gasteiger partial charge on any atom is -0.370 e. The zero-order valence-corrected chi connectivity index (χ0v) is 18.1. The number of benzene rings is 3. The van der Waals surface area contributed by atoms with Gasteiger partial charge in [-0.1, -0.05) is 48.5 Å². The van der Waals surface area contributed by atoms with Gasteiger partial charge in [-0.25, -0.2) is 17.5 Å². The molecule has 0 radical (unpaired) electrons. The van der Waals surface area contributed by atoms with Gasteiger partial charge in [0.1, 0.15) is 11.9 Å². The van der Waals surface area contributed by atoms with Crippen LogP contribution in [0.5, 0.6) is 0 Å². The van der Waals surface area contributed by atoms with E-state index in [-0.39, 0.29) is 34.8 Å². The number of hydrogen-bond donors (Lipinski definition) is 1. The summed E-state index contributed by atoms with van der Waals surface area (Å²) in [5, 5.41) is 0. The molecule has 1 unspecified atom stereocenters. The molecule has 3 aromatic rings. The lowest BCUT2D eigenvalue weighted by Gasteiger charge is -2.33. The van der Waals surface area contributed by atoms with Crippen LogP contribution in [0.3, 0.4) is 0 Å². The molecule has 32 heavy (non-hydrogen) atoms. The van der Waals surface area contributed by atoms with Gasteiger partial charge in [0.15, 0.2) is 0 Å². The molecule has 1 fully saturated rings. The van der Waals surface area contributed by atoms with E-state index in [2.05, 4.69) is 4.72 Å². The first-order valence-corrected chi connectivity index (χ1v) is 11.7. The van der Waals surface area contributed by atoms with Crippen molar-refractivity contribution >= 4 is 15.9 Å². The Hall–Kier alpha value is -3.07. The number of morpholine rings is 1. The first-order valence-electron chi connectivity index (χ1n) is 10.2. The molecule has 166 valence electrons. The molecule has 0 aromatic heterocycles. The molecule has 4 rings (SSSR count). The minimum atomic E-state index is -3.78. The minimum absolute atomic E-state index is 0.0302. The van der Waals surface area contributed by atoms with E-state index >= 15 is 0 Å². The summed E-state index contributed by atoms with van der Waals surface area (Å²) >= 11 is 0. The first kappa shape index (κ1) is 22.1. The van der Waals surface area contributed by atoms with Crippen molar-refractivity contribution in [1.29, 1.82) is 0 Å². The van der Waals surface area contributed by atoms with Crippen molar-refractivity contribution in [3.05, 3.63) is 101 Å². The smallest absolute Gasteiger partial charge is 0.254 e. The zero-order valence-electron chi connectivity index (χ0n) is 17.3. The van der Waals surface area contributed by atoms with Crippen LogP contribution in [0.25, 0.3) is 0 Å². The molecule has 1 amide bonds. The molecule has 6 nitrogen and oxygen atoms in total. The third-order valence-electron chi connectivity index (χ3n) is 5.30. The van der Waals surface area contributed by atoms with E-state index in [0.717, 1.165) is 11.1 Å². The first-order chi connectivity index (χ1) is 15.4. The largest absolute Gasteiger partial charge is 0.370 e. The number of carbonyl (C=O) groups excluding carboxylic acids is 1. The Morgan fingerprint density at radius 3 is 2.53 bits per heavy atom. The van der Waals surface area contributed by atoms with Gasteiger partial charge in [0.25, 0.3) is 5.91 Å². The Balaban J connectivity index is 1.47. The molecular weight excluding hydrogens is 431 g/mol. The van der Waals surface area contributed by atoms with Crippen molar-refractivity contribution in [3.8, 4) is 0 Å². The summed E-state index contributed by atoms with van der Waals surface area (Å²) in [4.78, 5) is 14.7. The number of nitrogens with one attached hydrogen (secondary N) is 1. The molecule has 0 aliphatic carbocycles. The fourth-order valence-electron chi connectivity index (χ4n) is 3.55. The van der Waals surface area contributed by atoms with Crippen molar-refractivity contribution in [2.45, 2.75) is 17.5 Å². The van der Waals surface area contributed by atoms with Crippen molar-refractivity contribution < 1.29 is 22.3 Å². The predicted molar refractivity (Wildman–Crippen MR) is 118 cm³/mol. The van der Waals surface area contributed by atoms with Crippen LogP contribution >= 0.6 is 0 Å². The van der Waals surface area contributed by atoms with Gasteiger partial charge in [-0.15, -0.1) is 0 Å². The lowest BCUT2D eigenvalue weighted by molar-refractivity contribution is -0.0228. The SMILES string of the molecule is O=C(c1cccc(S(=O)(=O)NCc2ccccc2)c1)N1CCOC(c2ccc(F)cc2)C1. The highest BCUT2D eigenvalue weighted by atomic mass is 32.2. The molecule has 3 aromatic carbocycles. The Morgan fingerprint density at radius 2 is 1.78 bits per heavy atom. The molecule has 0 saturated carbocycles. The normalized spacial score (nSPS) is 16.7. The maximum absolute atomic E-state index is 13.2. The zero-order chi connectivity index (χ0) is 22.6. The van der Waals surface area contributed by atoms with Crippen molar-refractivity contribution in [2.75, 3.05) is 19.7 Å². The predicted octanol–water partition coefficient (Wildman–Crippen LogP) is 3.52. The molecular formula is C24H23FN2O4S.